The Hall–Kier alpha value is -0.0700. The Balaban J connectivity index is 0.00000264. The van der Waals surface area contributed by atoms with E-state index in [0.29, 0.717) is 6.54 Å². The highest BCUT2D eigenvalue weighted by molar-refractivity contribution is 5.85. The number of piperidine rings is 1. The van der Waals surface area contributed by atoms with Gasteiger partial charge in [0.25, 0.3) is 0 Å². The van der Waals surface area contributed by atoms with Crippen molar-refractivity contribution in [2.75, 3.05) is 52.5 Å². The minimum Gasteiger partial charge on any atom is -0.379 e. The first kappa shape index (κ1) is 23.9. The third-order valence-corrected chi connectivity index (χ3v) is 5.72. The van der Waals surface area contributed by atoms with Crippen LogP contribution in [0.4, 0.5) is 0 Å². The number of nitrogens with two attached hydrogens (primary N) is 1. The molecule has 0 unspecified atom stereocenters. The number of halogens is 2. The van der Waals surface area contributed by atoms with Gasteiger partial charge >= 0.3 is 0 Å². The van der Waals surface area contributed by atoms with Gasteiger partial charge in [0.2, 0.25) is 5.91 Å². The zero-order valence-corrected chi connectivity index (χ0v) is 16.8. The molecule has 0 aliphatic carbocycles. The van der Waals surface area contributed by atoms with Gasteiger partial charge in [0.05, 0.1) is 18.6 Å². The van der Waals surface area contributed by atoms with Gasteiger partial charge in [0.15, 0.2) is 0 Å². The summed E-state index contributed by atoms with van der Waals surface area (Å²) in [4.78, 5) is 17.4. The molecule has 2 heterocycles. The van der Waals surface area contributed by atoms with Crippen molar-refractivity contribution in [2.45, 2.75) is 39.5 Å². The highest BCUT2D eigenvalue weighted by atomic mass is 35.5. The first-order chi connectivity index (χ1) is 10.6. The maximum absolute atomic E-state index is 12.8. The van der Waals surface area contributed by atoms with Crippen molar-refractivity contribution in [1.82, 2.24) is 9.80 Å². The molecule has 2 aliphatic rings. The van der Waals surface area contributed by atoms with E-state index in [2.05, 4.69) is 23.6 Å². The SMILES string of the molecule is CCC(CC)(CN)C(=O)N1CCC(CN2CCOCC2)CC1.Cl.Cl. The predicted octanol–water partition coefficient (Wildman–Crippen LogP) is 2.17. The van der Waals surface area contributed by atoms with Crippen LogP contribution >= 0.6 is 24.8 Å². The summed E-state index contributed by atoms with van der Waals surface area (Å²) in [6.45, 7) is 11.4. The van der Waals surface area contributed by atoms with Crippen LogP contribution in [-0.4, -0.2) is 68.2 Å². The van der Waals surface area contributed by atoms with Gasteiger partial charge in [-0.05, 0) is 31.6 Å². The maximum atomic E-state index is 12.8. The zero-order valence-electron chi connectivity index (χ0n) is 15.2. The van der Waals surface area contributed by atoms with Crippen LogP contribution in [0, 0.1) is 11.3 Å². The van der Waals surface area contributed by atoms with E-state index in [4.69, 9.17) is 10.5 Å². The molecule has 2 rings (SSSR count). The van der Waals surface area contributed by atoms with E-state index in [1.54, 1.807) is 0 Å². The Kier molecular flexibility index (Phi) is 11.5. The Labute approximate surface area is 159 Å². The summed E-state index contributed by atoms with van der Waals surface area (Å²) in [5, 5.41) is 0. The smallest absolute Gasteiger partial charge is 0.230 e. The second-order valence-electron chi connectivity index (χ2n) is 6.84. The summed E-state index contributed by atoms with van der Waals surface area (Å²) >= 11 is 0. The quantitative estimate of drug-likeness (QED) is 0.763. The van der Waals surface area contributed by atoms with Crippen LogP contribution in [0.25, 0.3) is 0 Å². The Morgan fingerprint density at radius 3 is 2.08 bits per heavy atom. The lowest BCUT2D eigenvalue weighted by Gasteiger charge is -2.40. The second kappa shape index (κ2) is 11.5. The van der Waals surface area contributed by atoms with E-state index in [-0.39, 0.29) is 36.1 Å². The molecule has 0 bridgehead atoms. The molecule has 0 atom stereocenters. The van der Waals surface area contributed by atoms with Crippen LogP contribution in [0.3, 0.4) is 0 Å². The number of nitrogens with zero attached hydrogens (tertiary/aromatic N) is 2. The van der Waals surface area contributed by atoms with Crippen molar-refractivity contribution in [3.05, 3.63) is 0 Å². The van der Waals surface area contributed by atoms with Gasteiger partial charge in [0, 0.05) is 39.3 Å². The molecule has 0 aromatic heterocycles. The lowest BCUT2D eigenvalue weighted by atomic mass is 9.80. The summed E-state index contributed by atoms with van der Waals surface area (Å²) in [7, 11) is 0. The van der Waals surface area contributed by atoms with E-state index in [9.17, 15) is 4.79 Å². The van der Waals surface area contributed by atoms with Gasteiger partial charge in [-0.1, -0.05) is 13.8 Å². The van der Waals surface area contributed by atoms with Gasteiger partial charge < -0.3 is 15.4 Å². The van der Waals surface area contributed by atoms with Crippen molar-refractivity contribution in [2.24, 2.45) is 17.1 Å². The highest BCUT2D eigenvalue weighted by Gasteiger charge is 2.38. The molecule has 1 amide bonds. The van der Waals surface area contributed by atoms with Crippen molar-refractivity contribution in [3.8, 4) is 0 Å². The average Bonchev–Trinajstić information content (AvgIpc) is 2.58. The molecule has 144 valence electrons. The van der Waals surface area contributed by atoms with Gasteiger partial charge in [-0.25, -0.2) is 0 Å². The van der Waals surface area contributed by atoms with Crippen molar-refractivity contribution >= 4 is 30.7 Å². The molecular weight excluding hydrogens is 349 g/mol. The van der Waals surface area contributed by atoms with E-state index in [1.807, 2.05) is 0 Å². The highest BCUT2D eigenvalue weighted by Crippen LogP contribution is 2.30. The van der Waals surface area contributed by atoms with E-state index < -0.39 is 0 Å². The number of ether oxygens (including phenoxy) is 1. The number of carbonyl (C=O) groups is 1. The minimum absolute atomic E-state index is 0. The Morgan fingerprint density at radius 1 is 1.08 bits per heavy atom. The first-order valence-corrected chi connectivity index (χ1v) is 8.94. The van der Waals surface area contributed by atoms with Crippen molar-refractivity contribution in [1.29, 1.82) is 0 Å². The number of hydrogen-bond acceptors (Lipinski definition) is 4. The standard InChI is InChI=1S/C17H33N3O2.2ClH/c1-3-17(4-2,14-18)16(21)20-7-5-15(6-8-20)13-19-9-11-22-12-10-19;;/h15H,3-14,18H2,1-2H3;2*1H. The molecule has 2 fully saturated rings. The third kappa shape index (κ3) is 5.73. The Bertz CT molecular complexity index is 345. The molecule has 24 heavy (non-hydrogen) atoms. The number of hydrogen-bond donors (Lipinski definition) is 1. The molecule has 0 spiro atoms. The van der Waals surface area contributed by atoms with Crippen LogP contribution in [0.5, 0.6) is 0 Å². The summed E-state index contributed by atoms with van der Waals surface area (Å²) < 4.78 is 5.41. The van der Waals surface area contributed by atoms with Crippen LogP contribution in [0.1, 0.15) is 39.5 Å². The third-order valence-electron chi connectivity index (χ3n) is 5.72. The molecule has 7 heteroatoms. The van der Waals surface area contributed by atoms with Gasteiger partial charge in [-0.3, -0.25) is 9.69 Å². The molecule has 0 saturated carbocycles. The number of likely N-dealkylation sites (tertiary alicyclic amines) is 1. The van der Waals surface area contributed by atoms with E-state index >= 15 is 0 Å². The average molecular weight is 384 g/mol. The largest absolute Gasteiger partial charge is 0.379 e. The fourth-order valence-corrected chi connectivity index (χ4v) is 3.73. The summed E-state index contributed by atoms with van der Waals surface area (Å²) in [6.07, 6.45) is 3.92. The molecule has 2 aliphatic heterocycles. The summed E-state index contributed by atoms with van der Waals surface area (Å²) in [5.74, 6) is 1.00. The number of carbonyl (C=O) groups excluding carboxylic acids is 1. The van der Waals surface area contributed by atoms with Gasteiger partial charge in [0.1, 0.15) is 0 Å². The second-order valence-corrected chi connectivity index (χ2v) is 6.84. The first-order valence-electron chi connectivity index (χ1n) is 8.94. The van der Waals surface area contributed by atoms with Crippen LogP contribution in [0.15, 0.2) is 0 Å². The number of amides is 1. The number of morpholine rings is 1. The predicted molar refractivity (Wildman–Crippen MR) is 103 cm³/mol. The monoisotopic (exact) mass is 383 g/mol. The molecule has 0 radical (unpaired) electrons. The maximum Gasteiger partial charge on any atom is 0.230 e. The van der Waals surface area contributed by atoms with Crippen molar-refractivity contribution in [3.63, 3.8) is 0 Å². The van der Waals surface area contributed by atoms with E-state index in [1.165, 1.54) is 0 Å². The molecular formula is C17H35Cl2N3O2. The van der Waals surface area contributed by atoms with Crippen LogP contribution in [0.2, 0.25) is 0 Å². The van der Waals surface area contributed by atoms with E-state index in [0.717, 1.165) is 77.5 Å². The normalized spacial score (nSPS) is 20.2. The summed E-state index contributed by atoms with van der Waals surface area (Å²) in [5.41, 5.74) is 5.59. The zero-order chi connectivity index (χ0) is 16.0. The van der Waals surface area contributed by atoms with Crippen LogP contribution < -0.4 is 5.73 Å². The lowest BCUT2D eigenvalue weighted by molar-refractivity contribution is -0.143. The fraction of sp³-hybridized carbons (Fsp3) is 0.941. The molecule has 5 nitrogen and oxygen atoms in total. The minimum atomic E-state index is -0.336. The molecule has 2 saturated heterocycles. The number of rotatable bonds is 6. The molecule has 0 aromatic carbocycles. The van der Waals surface area contributed by atoms with Crippen molar-refractivity contribution < 1.29 is 9.53 Å². The van der Waals surface area contributed by atoms with Gasteiger partial charge in [-0.2, -0.15) is 0 Å². The fourth-order valence-electron chi connectivity index (χ4n) is 3.73. The topological polar surface area (TPSA) is 58.8 Å². The van der Waals surface area contributed by atoms with Gasteiger partial charge in [-0.15, -0.1) is 24.8 Å². The molecule has 0 aromatic rings. The Morgan fingerprint density at radius 2 is 1.62 bits per heavy atom. The molecule has 2 N–H and O–H groups in total. The van der Waals surface area contributed by atoms with Crippen LogP contribution in [-0.2, 0) is 9.53 Å². The summed E-state index contributed by atoms with van der Waals surface area (Å²) in [6, 6.07) is 0. The lowest BCUT2D eigenvalue weighted by Crippen LogP contribution is -2.51.